The molecule has 2 heteroatoms. The van der Waals surface area contributed by atoms with Gasteiger partial charge in [-0.05, 0) is 62.1 Å². The van der Waals surface area contributed by atoms with Gasteiger partial charge in [-0.25, -0.2) is 0 Å². The van der Waals surface area contributed by atoms with Crippen LogP contribution in [0, 0.1) is 17.2 Å². The molecular weight excluding hydrogens is 246 g/mol. The third-order valence-electron chi connectivity index (χ3n) is 4.11. The van der Waals surface area contributed by atoms with Crippen molar-refractivity contribution in [2.24, 2.45) is 5.92 Å². The van der Waals surface area contributed by atoms with Gasteiger partial charge in [-0.3, -0.25) is 0 Å². The molecular formula is C18H23NO. The van der Waals surface area contributed by atoms with E-state index in [0.717, 1.165) is 18.8 Å². The van der Waals surface area contributed by atoms with Gasteiger partial charge >= 0.3 is 0 Å². The van der Waals surface area contributed by atoms with Crippen LogP contribution in [0.1, 0.15) is 49.7 Å². The zero-order valence-electron chi connectivity index (χ0n) is 12.2. The second-order valence-corrected chi connectivity index (χ2v) is 5.43. The maximum atomic E-state index is 8.83. The average Bonchev–Trinajstić information content (AvgIpc) is 2.52. The minimum atomic E-state index is 0.666. The normalized spacial score (nSPS) is 22.8. The van der Waals surface area contributed by atoms with E-state index in [2.05, 4.69) is 30.4 Å². The molecule has 0 aliphatic heterocycles. The molecule has 1 aliphatic carbocycles. The van der Waals surface area contributed by atoms with Gasteiger partial charge in [0.1, 0.15) is 0 Å². The number of rotatable bonds is 5. The zero-order valence-corrected chi connectivity index (χ0v) is 12.2. The van der Waals surface area contributed by atoms with Gasteiger partial charge < -0.3 is 4.74 Å². The summed E-state index contributed by atoms with van der Waals surface area (Å²) in [7, 11) is 0. The largest absolute Gasteiger partial charge is 0.378 e. The molecule has 2 nitrogen and oxygen atoms in total. The fourth-order valence-electron chi connectivity index (χ4n) is 2.91. The fourth-order valence-corrected chi connectivity index (χ4v) is 2.91. The Bertz CT molecular complexity index is 461. The number of hydrogen-bond donors (Lipinski definition) is 0. The van der Waals surface area contributed by atoms with Gasteiger partial charge in [0.2, 0.25) is 0 Å². The highest BCUT2D eigenvalue weighted by Gasteiger charge is 2.20. The second-order valence-electron chi connectivity index (χ2n) is 5.43. The van der Waals surface area contributed by atoms with E-state index in [0.29, 0.717) is 11.8 Å². The summed E-state index contributed by atoms with van der Waals surface area (Å²) in [6, 6.07) is 10.3. The molecule has 0 radical (unpaired) electrons. The topological polar surface area (TPSA) is 33.0 Å². The molecule has 0 saturated heterocycles. The number of ether oxygens (including phenoxy) is 1. The Labute approximate surface area is 122 Å². The van der Waals surface area contributed by atoms with Crippen LogP contribution < -0.4 is 0 Å². The molecule has 1 aromatic rings. The molecule has 0 bridgehead atoms. The molecule has 20 heavy (non-hydrogen) atoms. The lowest BCUT2D eigenvalue weighted by molar-refractivity contribution is 0.177. The van der Waals surface area contributed by atoms with E-state index in [-0.39, 0.29) is 0 Å². The highest BCUT2D eigenvalue weighted by Crippen LogP contribution is 2.36. The minimum Gasteiger partial charge on any atom is -0.378 e. The van der Waals surface area contributed by atoms with Gasteiger partial charge in [0.05, 0.1) is 18.2 Å². The predicted octanol–water partition coefficient (Wildman–Crippen LogP) is 4.42. The molecule has 0 aromatic heterocycles. The molecule has 106 valence electrons. The molecule has 0 spiro atoms. The highest BCUT2D eigenvalue weighted by atomic mass is 16.5. The van der Waals surface area contributed by atoms with Crippen molar-refractivity contribution in [3.05, 3.63) is 47.5 Å². The third kappa shape index (κ3) is 4.21. The van der Waals surface area contributed by atoms with Crippen molar-refractivity contribution >= 4 is 0 Å². The summed E-state index contributed by atoms with van der Waals surface area (Å²) in [6.45, 7) is 3.55. The summed E-state index contributed by atoms with van der Waals surface area (Å²) in [6.07, 6.45) is 9.49. The Balaban J connectivity index is 1.81. The van der Waals surface area contributed by atoms with E-state index >= 15 is 0 Å². The van der Waals surface area contributed by atoms with Crippen LogP contribution in [0.5, 0.6) is 0 Å². The van der Waals surface area contributed by atoms with Gasteiger partial charge in [0, 0.05) is 6.61 Å². The number of benzene rings is 1. The quantitative estimate of drug-likeness (QED) is 0.585. The maximum Gasteiger partial charge on any atom is 0.0991 e. The van der Waals surface area contributed by atoms with Crippen LogP contribution in [0.2, 0.25) is 0 Å². The predicted molar refractivity (Wildman–Crippen MR) is 81.5 cm³/mol. The first kappa shape index (κ1) is 14.8. The molecule has 1 aliphatic rings. The maximum absolute atomic E-state index is 8.83. The van der Waals surface area contributed by atoms with E-state index in [1.165, 1.54) is 31.2 Å². The van der Waals surface area contributed by atoms with Crippen molar-refractivity contribution < 1.29 is 4.74 Å². The van der Waals surface area contributed by atoms with Crippen LogP contribution in [0.25, 0.3) is 0 Å². The van der Waals surface area contributed by atoms with E-state index in [9.17, 15) is 0 Å². The zero-order chi connectivity index (χ0) is 14.2. The van der Waals surface area contributed by atoms with E-state index < -0.39 is 0 Å². The second kappa shape index (κ2) is 7.87. The Morgan fingerprint density at radius 1 is 1.20 bits per heavy atom. The van der Waals surface area contributed by atoms with Gasteiger partial charge in [-0.15, -0.1) is 0 Å². The lowest BCUT2D eigenvalue weighted by Crippen LogP contribution is -2.11. The lowest BCUT2D eigenvalue weighted by Gasteiger charge is -2.27. The number of nitriles is 1. The molecule has 2 rings (SSSR count). The summed E-state index contributed by atoms with van der Waals surface area (Å²) >= 11 is 0. The summed E-state index contributed by atoms with van der Waals surface area (Å²) in [5.74, 6) is 1.38. The molecule has 1 fully saturated rings. The van der Waals surface area contributed by atoms with Crippen LogP contribution in [-0.4, -0.2) is 13.2 Å². The van der Waals surface area contributed by atoms with Gasteiger partial charge in [0.25, 0.3) is 0 Å². The number of hydrogen-bond acceptors (Lipinski definition) is 2. The van der Waals surface area contributed by atoms with E-state index in [4.69, 9.17) is 10.00 Å². The van der Waals surface area contributed by atoms with E-state index in [1.54, 1.807) is 0 Å². The monoisotopic (exact) mass is 269 g/mol. The molecule has 0 atom stereocenters. The van der Waals surface area contributed by atoms with Gasteiger partial charge in [-0.1, -0.05) is 24.3 Å². The lowest BCUT2D eigenvalue weighted by atomic mass is 9.78. The number of nitrogens with zero attached hydrogens (tertiary/aromatic N) is 1. The van der Waals surface area contributed by atoms with Crippen molar-refractivity contribution in [2.45, 2.75) is 38.5 Å². The standard InChI is InChI=1S/C18H23NO/c1-2-20-13-3-4-15-5-9-17(10-6-15)18-11-7-16(14-19)8-12-18/h3-4,7-8,11-12,15,17H,2,5-6,9-10,13H2,1H3/b4-3+/t15-,17-. The minimum absolute atomic E-state index is 0.666. The van der Waals surface area contributed by atoms with Crippen molar-refractivity contribution in [3.8, 4) is 6.07 Å². The first-order valence-electron chi connectivity index (χ1n) is 7.58. The SMILES string of the molecule is CCOC/C=C/[C@H]1CC[C@H](c2ccc(C#N)cc2)CC1. The summed E-state index contributed by atoms with van der Waals surface area (Å²) < 4.78 is 5.32. The smallest absolute Gasteiger partial charge is 0.0991 e. The summed E-state index contributed by atoms with van der Waals surface area (Å²) in [5, 5.41) is 8.83. The average molecular weight is 269 g/mol. The van der Waals surface area contributed by atoms with Crippen LogP contribution in [-0.2, 0) is 4.74 Å². The summed E-state index contributed by atoms with van der Waals surface area (Å²) in [4.78, 5) is 0. The third-order valence-corrected chi connectivity index (χ3v) is 4.11. The first-order chi connectivity index (χ1) is 9.83. The van der Waals surface area contributed by atoms with Crippen LogP contribution in [0.15, 0.2) is 36.4 Å². The fraction of sp³-hybridized carbons (Fsp3) is 0.500. The van der Waals surface area contributed by atoms with Crippen molar-refractivity contribution in [1.82, 2.24) is 0 Å². The summed E-state index contributed by atoms with van der Waals surface area (Å²) in [5.41, 5.74) is 2.14. The first-order valence-corrected chi connectivity index (χ1v) is 7.58. The Kier molecular flexibility index (Phi) is 5.83. The molecule has 1 aromatic carbocycles. The van der Waals surface area contributed by atoms with Crippen molar-refractivity contribution in [1.29, 1.82) is 5.26 Å². The molecule has 0 heterocycles. The van der Waals surface area contributed by atoms with Crippen LogP contribution in [0.3, 0.4) is 0 Å². The number of allylic oxidation sites excluding steroid dienone is 1. The Morgan fingerprint density at radius 2 is 1.90 bits per heavy atom. The Morgan fingerprint density at radius 3 is 2.50 bits per heavy atom. The van der Waals surface area contributed by atoms with Crippen LogP contribution >= 0.6 is 0 Å². The Hall–Kier alpha value is -1.59. The highest BCUT2D eigenvalue weighted by molar-refractivity contribution is 5.33. The van der Waals surface area contributed by atoms with E-state index in [1.807, 2.05) is 19.1 Å². The molecule has 1 saturated carbocycles. The molecule has 0 amide bonds. The van der Waals surface area contributed by atoms with Gasteiger partial charge in [-0.2, -0.15) is 5.26 Å². The van der Waals surface area contributed by atoms with Crippen molar-refractivity contribution in [2.75, 3.05) is 13.2 Å². The molecule has 0 N–H and O–H groups in total. The van der Waals surface area contributed by atoms with Gasteiger partial charge in [0.15, 0.2) is 0 Å². The van der Waals surface area contributed by atoms with Crippen LogP contribution in [0.4, 0.5) is 0 Å². The molecule has 0 unspecified atom stereocenters. The van der Waals surface area contributed by atoms with Crippen molar-refractivity contribution in [3.63, 3.8) is 0 Å².